The van der Waals surface area contributed by atoms with Gasteiger partial charge in [-0.2, -0.15) is 5.10 Å². The largest absolute Gasteiger partial charge is 0.495 e. The molecule has 0 saturated carbocycles. The Morgan fingerprint density at radius 2 is 1.66 bits per heavy atom. The molecule has 9 heteroatoms. The number of sulfonamides is 1. The summed E-state index contributed by atoms with van der Waals surface area (Å²) in [5.74, 6) is 0.0594. The van der Waals surface area contributed by atoms with Crippen molar-refractivity contribution >= 4 is 27.3 Å². The number of nitrogens with one attached hydrogen (secondary N) is 2. The number of rotatable bonds is 7. The summed E-state index contributed by atoms with van der Waals surface area (Å²) >= 11 is 0. The summed E-state index contributed by atoms with van der Waals surface area (Å²) in [6, 6.07) is 21.4. The normalized spacial score (nSPS) is 11.0. The van der Waals surface area contributed by atoms with Gasteiger partial charge in [-0.25, -0.2) is 13.1 Å². The second-order valence-corrected chi connectivity index (χ2v) is 8.46. The number of nitrogens with zero attached hydrogens (tertiary/aromatic N) is 2. The number of hydrogen-bond donors (Lipinski definition) is 2. The van der Waals surface area contributed by atoms with Crippen LogP contribution in [0.5, 0.6) is 5.75 Å². The molecule has 4 aromatic rings. The van der Waals surface area contributed by atoms with E-state index in [0.717, 1.165) is 5.69 Å². The number of methoxy groups -OCH3 is 1. The highest BCUT2D eigenvalue weighted by molar-refractivity contribution is 7.92. The summed E-state index contributed by atoms with van der Waals surface area (Å²) < 4.78 is 34.8. The number of carbonyl (C=O) groups is 1. The molecule has 0 bridgehead atoms. The number of carbonyl (C=O) groups excluding carboxylic acids is 1. The van der Waals surface area contributed by atoms with Gasteiger partial charge in [0.05, 0.1) is 23.4 Å². The zero-order valence-electron chi connectivity index (χ0n) is 17.1. The minimum absolute atomic E-state index is 0.0310. The first kappa shape index (κ1) is 21.1. The lowest BCUT2D eigenvalue weighted by molar-refractivity contribution is 0.102. The summed E-state index contributed by atoms with van der Waals surface area (Å²) in [5.41, 5.74) is 2.14. The van der Waals surface area contributed by atoms with Crippen molar-refractivity contribution in [3.05, 3.63) is 96.8 Å². The van der Waals surface area contributed by atoms with Crippen molar-refractivity contribution in [3.63, 3.8) is 0 Å². The van der Waals surface area contributed by atoms with Crippen LogP contribution in [0, 0.1) is 0 Å². The predicted octanol–water partition coefficient (Wildman–Crippen LogP) is 3.93. The SMILES string of the molecule is COc1ccccc1NS(=O)(=O)c1ccc(C(=O)Nc2ccc(-n3cccn3)cc2)cc1. The van der Waals surface area contributed by atoms with Gasteiger partial charge >= 0.3 is 0 Å². The second kappa shape index (κ2) is 8.94. The number of hydrogen-bond acceptors (Lipinski definition) is 5. The van der Waals surface area contributed by atoms with Crippen LogP contribution in [0.15, 0.2) is 96.2 Å². The van der Waals surface area contributed by atoms with Crippen molar-refractivity contribution in [3.8, 4) is 11.4 Å². The third kappa shape index (κ3) is 4.62. The first-order chi connectivity index (χ1) is 15.5. The molecule has 0 radical (unpaired) electrons. The standard InChI is InChI=1S/C23H20N4O4S/c1-31-22-6-3-2-5-21(22)26-32(29,30)20-13-7-17(8-14-20)23(28)25-18-9-11-19(12-10-18)27-16-4-15-24-27/h2-16,26H,1H3,(H,25,28). The van der Waals surface area contributed by atoms with Gasteiger partial charge in [0.15, 0.2) is 0 Å². The molecule has 0 fully saturated rings. The average Bonchev–Trinajstić information content (AvgIpc) is 3.35. The minimum atomic E-state index is -3.84. The fraction of sp³-hybridized carbons (Fsp3) is 0.0435. The van der Waals surface area contributed by atoms with Crippen molar-refractivity contribution in [2.45, 2.75) is 4.90 Å². The van der Waals surface area contributed by atoms with Gasteiger partial charge in [-0.1, -0.05) is 12.1 Å². The Morgan fingerprint density at radius 1 is 0.938 bits per heavy atom. The van der Waals surface area contributed by atoms with Gasteiger partial charge in [-0.05, 0) is 66.7 Å². The molecule has 0 unspecified atom stereocenters. The molecular weight excluding hydrogens is 428 g/mol. The smallest absolute Gasteiger partial charge is 0.262 e. The van der Waals surface area contributed by atoms with Gasteiger partial charge < -0.3 is 10.1 Å². The third-order valence-electron chi connectivity index (χ3n) is 4.67. The molecule has 0 aliphatic heterocycles. The number of para-hydroxylation sites is 2. The molecule has 0 saturated heterocycles. The van der Waals surface area contributed by atoms with E-state index in [4.69, 9.17) is 4.74 Å². The highest BCUT2D eigenvalue weighted by Gasteiger charge is 2.17. The number of aromatic nitrogens is 2. The molecule has 0 aliphatic rings. The van der Waals surface area contributed by atoms with E-state index < -0.39 is 10.0 Å². The van der Waals surface area contributed by atoms with E-state index in [1.807, 2.05) is 24.4 Å². The first-order valence-electron chi connectivity index (χ1n) is 9.63. The Balaban J connectivity index is 1.45. The van der Waals surface area contributed by atoms with E-state index in [2.05, 4.69) is 15.1 Å². The molecule has 32 heavy (non-hydrogen) atoms. The highest BCUT2D eigenvalue weighted by atomic mass is 32.2. The van der Waals surface area contributed by atoms with Crippen molar-refractivity contribution in [2.75, 3.05) is 17.1 Å². The van der Waals surface area contributed by atoms with Gasteiger partial charge in [0.1, 0.15) is 5.75 Å². The fourth-order valence-electron chi connectivity index (χ4n) is 3.04. The molecule has 0 spiro atoms. The maximum atomic E-state index is 12.7. The molecule has 8 nitrogen and oxygen atoms in total. The van der Waals surface area contributed by atoms with Crippen LogP contribution in [0.25, 0.3) is 5.69 Å². The molecule has 4 rings (SSSR count). The third-order valence-corrected chi connectivity index (χ3v) is 6.05. The number of anilines is 2. The lowest BCUT2D eigenvalue weighted by Crippen LogP contribution is -2.15. The van der Waals surface area contributed by atoms with Crippen molar-refractivity contribution in [1.82, 2.24) is 9.78 Å². The number of ether oxygens (including phenoxy) is 1. The van der Waals surface area contributed by atoms with Crippen LogP contribution in [0.2, 0.25) is 0 Å². The molecule has 1 heterocycles. The van der Waals surface area contributed by atoms with Crippen LogP contribution in [-0.4, -0.2) is 31.2 Å². The fourth-order valence-corrected chi connectivity index (χ4v) is 4.11. The molecule has 2 N–H and O–H groups in total. The zero-order valence-corrected chi connectivity index (χ0v) is 17.9. The highest BCUT2D eigenvalue weighted by Crippen LogP contribution is 2.26. The van der Waals surface area contributed by atoms with Crippen molar-refractivity contribution in [1.29, 1.82) is 0 Å². The van der Waals surface area contributed by atoms with Gasteiger partial charge in [0.2, 0.25) is 0 Å². The quantitative estimate of drug-likeness (QED) is 0.446. The molecule has 1 aromatic heterocycles. The Hall–Kier alpha value is -4.11. The van der Waals surface area contributed by atoms with E-state index in [-0.39, 0.29) is 10.8 Å². The average molecular weight is 449 g/mol. The zero-order chi connectivity index (χ0) is 22.6. The molecule has 0 aliphatic carbocycles. The summed E-state index contributed by atoms with van der Waals surface area (Å²) in [5, 5.41) is 6.95. The topological polar surface area (TPSA) is 102 Å². The summed E-state index contributed by atoms with van der Waals surface area (Å²) in [6.45, 7) is 0. The maximum absolute atomic E-state index is 12.7. The Morgan fingerprint density at radius 3 is 2.31 bits per heavy atom. The van der Waals surface area contributed by atoms with Gasteiger partial charge in [0.25, 0.3) is 15.9 Å². The van der Waals surface area contributed by atoms with Gasteiger partial charge in [0, 0.05) is 23.6 Å². The molecule has 0 atom stereocenters. The van der Waals surface area contributed by atoms with E-state index in [1.54, 1.807) is 47.3 Å². The number of amides is 1. The Bertz CT molecular complexity index is 1320. The molecule has 1 amide bonds. The van der Waals surface area contributed by atoms with E-state index in [0.29, 0.717) is 22.7 Å². The van der Waals surface area contributed by atoms with Gasteiger partial charge in [-0.3, -0.25) is 9.52 Å². The summed E-state index contributed by atoms with van der Waals surface area (Å²) in [7, 11) is -2.38. The minimum Gasteiger partial charge on any atom is -0.495 e. The first-order valence-corrected chi connectivity index (χ1v) is 11.1. The van der Waals surface area contributed by atoms with E-state index in [9.17, 15) is 13.2 Å². The second-order valence-electron chi connectivity index (χ2n) is 6.78. The van der Waals surface area contributed by atoms with E-state index >= 15 is 0 Å². The Kier molecular flexibility index (Phi) is 5.91. The van der Waals surface area contributed by atoms with E-state index in [1.165, 1.54) is 31.4 Å². The lowest BCUT2D eigenvalue weighted by Gasteiger charge is -2.12. The van der Waals surface area contributed by atoms with Crippen LogP contribution in [0.3, 0.4) is 0 Å². The monoisotopic (exact) mass is 448 g/mol. The van der Waals surface area contributed by atoms with Crippen molar-refractivity contribution < 1.29 is 17.9 Å². The van der Waals surface area contributed by atoms with Crippen LogP contribution in [0.1, 0.15) is 10.4 Å². The lowest BCUT2D eigenvalue weighted by atomic mass is 10.2. The predicted molar refractivity (Wildman–Crippen MR) is 122 cm³/mol. The summed E-state index contributed by atoms with van der Waals surface area (Å²) in [4.78, 5) is 12.6. The summed E-state index contributed by atoms with van der Waals surface area (Å²) in [6.07, 6.45) is 3.51. The number of benzene rings is 3. The Labute approximate surface area is 185 Å². The van der Waals surface area contributed by atoms with Crippen LogP contribution in [0.4, 0.5) is 11.4 Å². The molecular formula is C23H20N4O4S. The van der Waals surface area contributed by atoms with Crippen LogP contribution < -0.4 is 14.8 Å². The van der Waals surface area contributed by atoms with Crippen LogP contribution in [-0.2, 0) is 10.0 Å². The van der Waals surface area contributed by atoms with Crippen molar-refractivity contribution in [2.24, 2.45) is 0 Å². The molecule has 162 valence electrons. The maximum Gasteiger partial charge on any atom is 0.262 e. The molecule has 3 aromatic carbocycles. The van der Waals surface area contributed by atoms with Gasteiger partial charge in [-0.15, -0.1) is 0 Å². The van der Waals surface area contributed by atoms with Crippen LogP contribution >= 0.6 is 0 Å².